The molecule has 0 spiro atoms. The lowest BCUT2D eigenvalue weighted by molar-refractivity contribution is 0.0240. The van der Waals surface area contributed by atoms with Gasteiger partial charge >= 0.3 is 6.09 Å². The number of pyridine rings is 1. The largest absolute Gasteiger partial charge is 0.486 e. The molecule has 0 aliphatic carbocycles. The van der Waals surface area contributed by atoms with E-state index in [0.717, 1.165) is 16.8 Å². The highest BCUT2D eigenvalue weighted by Gasteiger charge is 2.33. The third kappa shape index (κ3) is 6.02. The van der Waals surface area contributed by atoms with Crippen LogP contribution in [0.1, 0.15) is 48.0 Å². The number of fused-ring (bicyclic) bond motifs is 2. The van der Waals surface area contributed by atoms with Gasteiger partial charge in [-0.1, -0.05) is 12.1 Å². The van der Waals surface area contributed by atoms with Crippen LogP contribution in [0.15, 0.2) is 59.6 Å². The number of hydrogen-bond acceptors (Lipinski definition) is 9. The van der Waals surface area contributed by atoms with Crippen LogP contribution in [0.5, 0.6) is 11.5 Å². The average molecular weight is 607 g/mol. The van der Waals surface area contributed by atoms with Crippen molar-refractivity contribution in [2.24, 2.45) is 0 Å². The fourth-order valence-corrected chi connectivity index (χ4v) is 6.76. The van der Waals surface area contributed by atoms with E-state index in [0.29, 0.717) is 56.5 Å². The van der Waals surface area contributed by atoms with Gasteiger partial charge in [-0.3, -0.25) is 9.78 Å². The molecule has 1 fully saturated rings. The molecule has 12 heteroatoms. The van der Waals surface area contributed by atoms with Crippen LogP contribution >= 0.6 is 0 Å². The van der Waals surface area contributed by atoms with Crippen molar-refractivity contribution in [1.29, 1.82) is 0 Å². The number of hydrogen-bond donors (Lipinski definition) is 0. The minimum absolute atomic E-state index is 0.123. The highest BCUT2D eigenvalue weighted by Crippen LogP contribution is 2.35. The molecule has 3 aliphatic rings. The van der Waals surface area contributed by atoms with Gasteiger partial charge in [-0.05, 0) is 62.2 Å². The Balaban J connectivity index is 1.13. The predicted molar refractivity (Wildman–Crippen MR) is 158 cm³/mol. The van der Waals surface area contributed by atoms with Crippen molar-refractivity contribution < 1.29 is 32.2 Å². The molecule has 0 bridgehead atoms. The second-order valence-electron chi connectivity index (χ2n) is 11.8. The van der Waals surface area contributed by atoms with Crippen molar-refractivity contribution in [2.75, 3.05) is 44.3 Å². The smallest absolute Gasteiger partial charge is 0.410 e. The SMILES string of the molecule is CC(C)(C)OC(=O)N1CCN(c2cccc(C(=O)c3cc4c(cn3)CN(S(=O)(=O)c3ccc5c(c3)OCCO5)C4)c2)CC1. The summed E-state index contributed by atoms with van der Waals surface area (Å²) in [5.41, 5.74) is 2.58. The number of carbonyl (C=O) groups excluding carboxylic acids is 2. The normalized spacial score (nSPS) is 17.0. The highest BCUT2D eigenvalue weighted by molar-refractivity contribution is 7.89. The molecule has 0 unspecified atom stereocenters. The van der Waals surface area contributed by atoms with E-state index in [9.17, 15) is 18.0 Å². The van der Waals surface area contributed by atoms with Crippen LogP contribution in [0.4, 0.5) is 10.5 Å². The van der Waals surface area contributed by atoms with E-state index >= 15 is 0 Å². The summed E-state index contributed by atoms with van der Waals surface area (Å²) in [6.07, 6.45) is 1.26. The van der Waals surface area contributed by atoms with Gasteiger partial charge in [-0.15, -0.1) is 0 Å². The minimum Gasteiger partial charge on any atom is -0.486 e. The zero-order valence-corrected chi connectivity index (χ0v) is 25.2. The van der Waals surface area contributed by atoms with E-state index in [1.807, 2.05) is 39.0 Å². The van der Waals surface area contributed by atoms with Gasteiger partial charge in [-0.2, -0.15) is 4.31 Å². The van der Waals surface area contributed by atoms with Crippen LogP contribution in [0.3, 0.4) is 0 Å². The number of sulfonamides is 1. The molecule has 11 nitrogen and oxygen atoms in total. The monoisotopic (exact) mass is 606 g/mol. The molecule has 4 heterocycles. The maximum absolute atomic E-state index is 13.5. The molecule has 0 atom stereocenters. The molecule has 1 aromatic heterocycles. The molecule has 0 saturated carbocycles. The Morgan fingerprint density at radius 1 is 0.884 bits per heavy atom. The Morgan fingerprint density at radius 2 is 1.60 bits per heavy atom. The van der Waals surface area contributed by atoms with Gasteiger partial charge in [0.05, 0.1) is 4.90 Å². The summed E-state index contributed by atoms with van der Waals surface area (Å²) in [5.74, 6) is 0.685. The number of aromatic nitrogens is 1. The number of piperazine rings is 1. The van der Waals surface area contributed by atoms with Crippen molar-refractivity contribution in [2.45, 2.75) is 44.4 Å². The van der Waals surface area contributed by atoms with Crippen LogP contribution in [0.25, 0.3) is 0 Å². The van der Waals surface area contributed by atoms with Gasteiger partial charge in [-0.25, -0.2) is 13.2 Å². The van der Waals surface area contributed by atoms with Crippen molar-refractivity contribution in [1.82, 2.24) is 14.2 Å². The number of rotatable bonds is 5. The molecule has 226 valence electrons. The van der Waals surface area contributed by atoms with Gasteiger partial charge < -0.3 is 24.0 Å². The van der Waals surface area contributed by atoms with Crippen LogP contribution in [-0.4, -0.2) is 79.5 Å². The standard InChI is InChI=1S/C31H34N4O7S/c1-31(2,3)42-30(37)34-11-9-33(10-12-34)24-6-4-5-21(15-24)29(36)26-16-22-19-35(20-23(22)18-32-26)43(38,39)25-7-8-27-28(17-25)41-14-13-40-27/h4-8,15-18H,9-14,19-20H2,1-3H3. The Hall–Kier alpha value is -4.16. The lowest BCUT2D eigenvalue weighted by Gasteiger charge is -2.36. The number of benzene rings is 2. The first-order chi connectivity index (χ1) is 20.5. The first-order valence-corrected chi connectivity index (χ1v) is 15.7. The first kappa shape index (κ1) is 28.9. The van der Waals surface area contributed by atoms with Crippen LogP contribution in [-0.2, 0) is 27.8 Å². The second kappa shape index (κ2) is 11.2. The number of amides is 1. The maximum atomic E-state index is 13.5. The van der Waals surface area contributed by atoms with Crippen molar-refractivity contribution in [3.8, 4) is 11.5 Å². The summed E-state index contributed by atoms with van der Waals surface area (Å²) in [4.78, 5) is 34.3. The summed E-state index contributed by atoms with van der Waals surface area (Å²) < 4.78 is 44.8. The summed E-state index contributed by atoms with van der Waals surface area (Å²) in [6, 6.07) is 13.7. The average Bonchev–Trinajstić information content (AvgIpc) is 3.44. The second-order valence-corrected chi connectivity index (χ2v) is 13.7. The van der Waals surface area contributed by atoms with Crippen LogP contribution in [0.2, 0.25) is 0 Å². The molecule has 43 heavy (non-hydrogen) atoms. The van der Waals surface area contributed by atoms with Crippen LogP contribution in [0, 0.1) is 0 Å². The topological polar surface area (TPSA) is 119 Å². The number of ether oxygens (including phenoxy) is 3. The molecule has 0 radical (unpaired) electrons. The van der Waals surface area contributed by atoms with Crippen molar-refractivity contribution in [3.63, 3.8) is 0 Å². The number of carbonyl (C=O) groups is 2. The molecule has 2 aromatic carbocycles. The fourth-order valence-electron chi connectivity index (χ4n) is 5.34. The number of nitrogens with zero attached hydrogens (tertiary/aromatic N) is 4. The zero-order chi connectivity index (χ0) is 30.4. The quantitative estimate of drug-likeness (QED) is 0.399. The van der Waals surface area contributed by atoms with E-state index in [1.54, 1.807) is 29.3 Å². The van der Waals surface area contributed by atoms with E-state index in [1.165, 1.54) is 16.4 Å². The molecule has 0 N–H and O–H groups in total. The van der Waals surface area contributed by atoms with E-state index in [2.05, 4.69) is 9.88 Å². The Morgan fingerprint density at radius 3 is 2.35 bits per heavy atom. The first-order valence-electron chi connectivity index (χ1n) is 14.2. The fraction of sp³-hybridized carbons (Fsp3) is 0.387. The van der Waals surface area contributed by atoms with E-state index in [4.69, 9.17) is 14.2 Å². The Bertz CT molecular complexity index is 1680. The number of anilines is 1. The maximum Gasteiger partial charge on any atom is 0.410 e. The summed E-state index contributed by atoms with van der Waals surface area (Å²) in [5, 5.41) is 0. The summed E-state index contributed by atoms with van der Waals surface area (Å²) >= 11 is 0. The summed E-state index contributed by atoms with van der Waals surface area (Å²) in [7, 11) is -3.81. The molecule has 6 rings (SSSR count). The highest BCUT2D eigenvalue weighted by atomic mass is 32.2. The lowest BCUT2D eigenvalue weighted by atomic mass is 10.0. The van der Waals surface area contributed by atoms with Gasteiger partial charge in [0.25, 0.3) is 0 Å². The molecule has 1 amide bonds. The summed E-state index contributed by atoms with van der Waals surface area (Å²) in [6.45, 7) is 8.89. The van der Waals surface area contributed by atoms with Crippen molar-refractivity contribution >= 4 is 27.6 Å². The molecule has 3 aromatic rings. The van der Waals surface area contributed by atoms with Gasteiger partial charge in [0.2, 0.25) is 15.8 Å². The lowest BCUT2D eigenvalue weighted by Crippen LogP contribution is -2.50. The minimum atomic E-state index is -3.81. The molecular formula is C31H34N4O7S. The predicted octanol–water partition coefficient (Wildman–Crippen LogP) is 3.85. The van der Waals surface area contributed by atoms with E-state index in [-0.39, 0.29) is 35.6 Å². The molecular weight excluding hydrogens is 572 g/mol. The molecule has 3 aliphatic heterocycles. The van der Waals surface area contributed by atoms with E-state index < -0.39 is 15.6 Å². The molecule has 1 saturated heterocycles. The Labute approximate surface area is 251 Å². The van der Waals surface area contributed by atoms with Gasteiger partial charge in [0, 0.05) is 62.8 Å². The Kier molecular flexibility index (Phi) is 7.51. The zero-order valence-electron chi connectivity index (χ0n) is 24.4. The third-order valence-electron chi connectivity index (χ3n) is 7.57. The van der Waals surface area contributed by atoms with Gasteiger partial charge in [0.1, 0.15) is 24.5 Å². The van der Waals surface area contributed by atoms with Crippen molar-refractivity contribution in [3.05, 3.63) is 77.1 Å². The third-order valence-corrected chi connectivity index (χ3v) is 9.35. The van der Waals surface area contributed by atoms with Gasteiger partial charge in [0.15, 0.2) is 11.5 Å². The van der Waals surface area contributed by atoms with Crippen LogP contribution < -0.4 is 14.4 Å². The number of ketones is 1.